The van der Waals surface area contributed by atoms with Crippen LogP contribution >= 0.6 is 0 Å². The molecule has 0 aromatic heterocycles. The Bertz CT molecular complexity index is 1340. The Kier molecular flexibility index (Phi) is 4.44. The molecular formula is C30H26. The van der Waals surface area contributed by atoms with Crippen LogP contribution in [0.15, 0.2) is 103 Å². The predicted molar refractivity (Wildman–Crippen MR) is 131 cm³/mol. The third kappa shape index (κ3) is 3.09. The minimum atomic E-state index is 0.0979. The van der Waals surface area contributed by atoms with E-state index in [9.17, 15) is 0 Å². The highest BCUT2D eigenvalue weighted by Gasteiger charge is 2.19. The average molecular weight is 387 g/mol. The first-order chi connectivity index (χ1) is 14.5. The van der Waals surface area contributed by atoms with E-state index in [1.165, 1.54) is 49.4 Å². The van der Waals surface area contributed by atoms with E-state index in [0.29, 0.717) is 0 Å². The summed E-state index contributed by atoms with van der Waals surface area (Å²) in [4.78, 5) is 0. The minimum absolute atomic E-state index is 0.0979. The summed E-state index contributed by atoms with van der Waals surface area (Å²) in [5, 5.41) is 5.25. The van der Waals surface area contributed by atoms with Gasteiger partial charge in [-0.2, -0.15) is 0 Å². The molecule has 5 rings (SSSR count). The van der Waals surface area contributed by atoms with Gasteiger partial charge in [0.1, 0.15) is 0 Å². The summed E-state index contributed by atoms with van der Waals surface area (Å²) in [6.45, 7) is 6.86. The molecule has 0 nitrogen and oxygen atoms in total. The summed E-state index contributed by atoms with van der Waals surface area (Å²) in [7, 11) is 0. The van der Waals surface area contributed by atoms with Crippen molar-refractivity contribution in [3.63, 3.8) is 0 Å². The van der Waals surface area contributed by atoms with Crippen molar-refractivity contribution < 1.29 is 0 Å². The molecule has 0 bridgehead atoms. The van der Waals surface area contributed by atoms with Crippen LogP contribution in [0.3, 0.4) is 0 Å². The van der Waals surface area contributed by atoms with E-state index in [1.54, 1.807) is 0 Å². The molecule has 0 atom stereocenters. The third-order valence-corrected chi connectivity index (χ3v) is 6.01. The average Bonchev–Trinajstić information content (AvgIpc) is 2.77. The Morgan fingerprint density at radius 2 is 0.867 bits per heavy atom. The maximum atomic E-state index is 2.41. The first kappa shape index (κ1) is 18.6. The van der Waals surface area contributed by atoms with Gasteiger partial charge in [0.25, 0.3) is 0 Å². The highest BCUT2D eigenvalue weighted by molar-refractivity contribution is 6.21. The maximum Gasteiger partial charge on any atom is -0.00263 e. The smallest absolute Gasteiger partial charge is 0.00263 e. The molecule has 0 saturated heterocycles. The van der Waals surface area contributed by atoms with Crippen LogP contribution in [0.4, 0.5) is 0 Å². The summed E-state index contributed by atoms with van der Waals surface area (Å²) in [5.74, 6) is 0. The maximum absolute atomic E-state index is 2.41. The van der Waals surface area contributed by atoms with E-state index in [1.807, 2.05) is 0 Å². The molecule has 0 aliphatic carbocycles. The van der Waals surface area contributed by atoms with E-state index in [4.69, 9.17) is 0 Å². The summed E-state index contributed by atoms with van der Waals surface area (Å²) in [6.07, 6.45) is 0. The van der Waals surface area contributed by atoms with Crippen molar-refractivity contribution >= 4 is 21.5 Å². The van der Waals surface area contributed by atoms with Crippen LogP contribution in [-0.4, -0.2) is 0 Å². The topological polar surface area (TPSA) is 0 Å². The van der Waals surface area contributed by atoms with E-state index >= 15 is 0 Å². The van der Waals surface area contributed by atoms with Crippen molar-refractivity contribution in [3.05, 3.63) is 109 Å². The standard InChI is InChI=1S/C30H26/c1-30(2,3)23-18-19-26-27(20-23)29(22-14-8-5-9-15-22)25-17-11-10-16-24(25)28(26)21-12-6-4-7-13-21/h4-20H,1-3H3. The van der Waals surface area contributed by atoms with Crippen LogP contribution in [0.1, 0.15) is 26.3 Å². The minimum Gasteiger partial charge on any atom is -0.0622 e. The number of fused-ring (bicyclic) bond motifs is 2. The Hall–Kier alpha value is -3.38. The zero-order chi connectivity index (χ0) is 20.7. The van der Waals surface area contributed by atoms with Gasteiger partial charge in [-0.1, -0.05) is 118 Å². The van der Waals surface area contributed by atoms with E-state index in [-0.39, 0.29) is 5.41 Å². The van der Waals surface area contributed by atoms with Crippen molar-refractivity contribution in [2.45, 2.75) is 26.2 Å². The van der Waals surface area contributed by atoms with Gasteiger partial charge in [-0.3, -0.25) is 0 Å². The van der Waals surface area contributed by atoms with Crippen LogP contribution in [0.5, 0.6) is 0 Å². The van der Waals surface area contributed by atoms with Crippen molar-refractivity contribution in [2.24, 2.45) is 0 Å². The van der Waals surface area contributed by atoms with Crippen LogP contribution in [0.25, 0.3) is 43.8 Å². The van der Waals surface area contributed by atoms with E-state index in [0.717, 1.165) is 0 Å². The monoisotopic (exact) mass is 386 g/mol. The van der Waals surface area contributed by atoms with Crippen molar-refractivity contribution in [1.29, 1.82) is 0 Å². The number of benzene rings is 5. The van der Waals surface area contributed by atoms with Crippen molar-refractivity contribution in [1.82, 2.24) is 0 Å². The second-order valence-electron chi connectivity index (χ2n) is 9.04. The summed E-state index contributed by atoms with van der Waals surface area (Å²) >= 11 is 0. The van der Waals surface area contributed by atoms with Crippen LogP contribution in [0.2, 0.25) is 0 Å². The van der Waals surface area contributed by atoms with Gasteiger partial charge in [0.05, 0.1) is 0 Å². The number of rotatable bonds is 2. The third-order valence-electron chi connectivity index (χ3n) is 6.01. The molecule has 0 aliphatic heterocycles. The molecule has 0 heterocycles. The lowest BCUT2D eigenvalue weighted by molar-refractivity contribution is 0.591. The second-order valence-corrected chi connectivity index (χ2v) is 9.04. The zero-order valence-electron chi connectivity index (χ0n) is 17.8. The molecule has 0 amide bonds. The molecule has 0 N–H and O–H groups in total. The number of hydrogen-bond acceptors (Lipinski definition) is 0. The molecular weight excluding hydrogens is 360 g/mol. The van der Waals surface area contributed by atoms with Gasteiger partial charge >= 0.3 is 0 Å². The Balaban J connectivity index is 2.01. The Labute approximate surface area is 178 Å². The highest BCUT2D eigenvalue weighted by atomic mass is 14.2. The molecule has 5 aromatic carbocycles. The SMILES string of the molecule is CC(C)(C)c1ccc2c(-c3ccccc3)c3ccccc3c(-c3ccccc3)c2c1. The molecule has 0 saturated carbocycles. The zero-order valence-corrected chi connectivity index (χ0v) is 17.8. The van der Waals surface area contributed by atoms with Crippen LogP contribution in [0, 0.1) is 0 Å². The van der Waals surface area contributed by atoms with E-state index in [2.05, 4.69) is 124 Å². The molecule has 30 heavy (non-hydrogen) atoms. The Morgan fingerprint density at radius 1 is 0.433 bits per heavy atom. The fourth-order valence-electron chi connectivity index (χ4n) is 4.48. The first-order valence-corrected chi connectivity index (χ1v) is 10.6. The highest BCUT2D eigenvalue weighted by Crippen LogP contribution is 2.44. The predicted octanol–water partition coefficient (Wildman–Crippen LogP) is 8.62. The summed E-state index contributed by atoms with van der Waals surface area (Å²) < 4.78 is 0. The quantitative estimate of drug-likeness (QED) is 0.266. The van der Waals surface area contributed by atoms with Gasteiger partial charge in [-0.05, 0) is 60.8 Å². The van der Waals surface area contributed by atoms with Gasteiger partial charge in [-0.15, -0.1) is 0 Å². The van der Waals surface area contributed by atoms with Crippen molar-refractivity contribution in [2.75, 3.05) is 0 Å². The van der Waals surface area contributed by atoms with Crippen molar-refractivity contribution in [3.8, 4) is 22.3 Å². The summed E-state index contributed by atoms with van der Waals surface area (Å²) in [6, 6.07) is 37.5. The van der Waals surface area contributed by atoms with Crippen LogP contribution in [-0.2, 0) is 5.41 Å². The van der Waals surface area contributed by atoms with Gasteiger partial charge in [0.15, 0.2) is 0 Å². The lowest BCUT2D eigenvalue weighted by Gasteiger charge is -2.23. The van der Waals surface area contributed by atoms with Gasteiger partial charge in [0.2, 0.25) is 0 Å². The fourth-order valence-corrected chi connectivity index (χ4v) is 4.48. The molecule has 0 radical (unpaired) electrons. The molecule has 0 heteroatoms. The molecule has 0 unspecified atom stereocenters. The molecule has 0 fully saturated rings. The fraction of sp³-hybridized carbons (Fsp3) is 0.133. The van der Waals surface area contributed by atoms with Crippen LogP contribution < -0.4 is 0 Å². The lowest BCUT2D eigenvalue weighted by atomic mass is 9.81. The molecule has 146 valence electrons. The van der Waals surface area contributed by atoms with Gasteiger partial charge in [0, 0.05) is 0 Å². The summed E-state index contributed by atoms with van der Waals surface area (Å²) in [5.41, 5.74) is 6.64. The molecule has 5 aromatic rings. The van der Waals surface area contributed by atoms with E-state index < -0.39 is 0 Å². The largest absolute Gasteiger partial charge is 0.0622 e. The van der Waals surface area contributed by atoms with Gasteiger partial charge < -0.3 is 0 Å². The Morgan fingerprint density at radius 3 is 1.37 bits per heavy atom. The first-order valence-electron chi connectivity index (χ1n) is 10.6. The molecule has 0 aliphatic rings. The normalized spacial score (nSPS) is 11.8. The van der Waals surface area contributed by atoms with Gasteiger partial charge in [-0.25, -0.2) is 0 Å². The second kappa shape index (κ2) is 7.15. The number of hydrogen-bond donors (Lipinski definition) is 0. The lowest BCUT2D eigenvalue weighted by Crippen LogP contribution is -2.10. The molecule has 0 spiro atoms.